The van der Waals surface area contributed by atoms with Crippen LogP contribution in [0.2, 0.25) is 0 Å². The summed E-state index contributed by atoms with van der Waals surface area (Å²) in [5.41, 5.74) is 8.52. The normalized spacial score (nSPS) is 18.1. The van der Waals surface area contributed by atoms with Crippen molar-refractivity contribution < 1.29 is 14.3 Å². The summed E-state index contributed by atoms with van der Waals surface area (Å²) in [5, 5.41) is 12.3. The number of ketones is 1. The smallest absolute Gasteiger partial charge is 0.333 e. The van der Waals surface area contributed by atoms with Crippen LogP contribution in [0, 0.1) is 0 Å². The molecule has 1 aromatic heterocycles. The Kier molecular flexibility index (Phi) is 7.07. The maximum atomic E-state index is 13.7. The molecule has 10 heteroatoms. The van der Waals surface area contributed by atoms with Crippen molar-refractivity contribution in [2.45, 2.75) is 25.3 Å². The second kappa shape index (κ2) is 10.8. The summed E-state index contributed by atoms with van der Waals surface area (Å²) >= 11 is 0. The average Bonchev–Trinajstić information content (AvgIpc) is 3.43. The molecule has 0 saturated carbocycles. The number of aromatic nitrogens is 2. The molecule has 3 N–H and O–H groups in total. The van der Waals surface area contributed by atoms with Gasteiger partial charge >= 0.3 is 6.03 Å². The molecule has 3 heterocycles. The van der Waals surface area contributed by atoms with Gasteiger partial charge in [0.05, 0.1) is 22.5 Å². The van der Waals surface area contributed by atoms with Crippen LogP contribution in [0.5, 0.6) is 0 Å². The Labute approximate surface area is 228 Å². The van der Waals surface area contributed by atoms with Crippen LogP contribution in [0.25, 0.3) is 22.5 Å². The highest BCUT2D eigenvalue weighted by Gasteiger charge is 2.35. The van der Waals surface area contributed by atoms with E-state index in [0.717, 1.165) is 56.6 Å². The summed E-state index contributed by atoms with van der Waals surface area (Å²) in [5.74, 6) is -0.142. The van der Waals surface area contributed by atoms with Crippen molar-refractivity contribution in [3.05, 3.63) is 53.6 Å². The molecule has 2 fully saturated rings. The summed E-state index contributed by atoms with van der Waals surface area (Å²) in [6.07, 6.45) is 2.85. The molecule has 1 aliphatic carbocycles. The van der Waals surface area contributed by atoms with E-state index in [-0.39, 0.29) is 17.9 Å². The maximum Gasteiger partial charge on any atom is 0.333 e. The molecule has 2 amide bonds. The van der Waals surface area contributed by atoms with E-state index in [1.54, 1.807) is 6.07 Å². The lowest BCUT2D eigenvalue weighted by molar-refractivity contribution is 0.0312. The van der Waals surface area contributed by atoms with Gasteiger partial charge in [0.25, 0.3) is 0 Å². The van der Waals surface area contributed by atoms with Gasteiger partial charge in [-0.25, -0.2) is 9.80 Å². The Bertz CT molecular complexity index is 1360. The summed E-state index contributed by atoms with van der Waals surface area (Å²) in [4.78, 5) is 31.3. The van der Waals surface area contributed by atoms with E-state index in [1.165, 1.54) is 5.69 Å². The van der Waals surface area contributed by atoms with Gasteiger partial charge in [0, 0.05) is 62.8 Å². The minimum Gasteiger partial charge on any atom is -0.381 e. The van der Waals surface area contributed by atoms with Crippen molar-refractivity contribution in [2.75, 3.05) is 63.7 Å². The summed E-state index contributed by atoms with van der Waals surface area (Å²) in [6, 6.07) is 13.6. The summed E-state index contributed by atoms with van der Waals surface area (Å²) in [7, 11) is 4.02. The first-order chi connectivity index (χ1) is 19.0. The van der Waals surface area contributed by atoms with E-state index in [1.807, 2.05) is 36.3 Å². The highest BCUT2D eigenvalue weighted by molar-refractivity contribution is 6.26. The topological polar surface area (TPSA) is 106 Å². The number of benzene rings is 2. The molecule has 2 aromatic carbocycles. The van der Waals surface area contributed by atoms with Gasteiger partial charge in [0.15, 0.2) is 5.78 Å². The number of nitrogens with one attached hydrogen (secondary N) is 3. The Morgan fingerprint density at radius 1 is 1.05 bits per heavy atom. The predicted molar refractivity (Wildman–Crippen MR) is 151 cm³/mol. The second-order valence-corrected chi connectivity index (χ2v) is 10.6. The molecule has 3 aromatic rings. The highest BCUT2D eigenvalue weighted by Crippen LogP contribution is 2.43. The third-order valence-corrected chi connectivity index (χ3v) is 8.04. The molecule has 0 bridgehead atoms. The number of H-pyrrole nitrogens is 1. The zero-order valence-electron chi connectivity index (χ0n) is 22.5. The van der Waals surface area contributed by atoms with Crippen LogP contribution in [0.4, 0.5) is 16.2 Å². The van der Waals surface area contributed by atoms with Crippen LogP contribution in [0.1, 0.15) is 35.2 Å². The van der Waals surface area contributed by atoms with E-state index in [9.17, 15) is 9.59 Å². The molecule has 2 saturated heterocycles. The molecule has 2 aliphatic heterocycles. The number of rotatable bonds is 5. The minimum absolute atomic E-state index is 0.142. The Morgan fingerprint density at radius 2 is 1.85 bits per heavy atom. The standard InChI is InChI=1S/C29H35N7O3/c1-34-13-4-14-36(16-15-34)21-9-7-19(8-10-21)26-25-27(32-31-26)22-5-3-6-23(24(22)28(25)37)30-29(38)33-35(2)20-11-17-39-18-12-20/h3,5-10,20H,4,11-18H2,1-2H3,(H,31,32)(H2,30,33,38). The first kappa shape index (κ1) is 25.5. The van der Waals surface area contributed by atoms with Crippen LogP contribution < -0.4 is 15.6 Å². The number of nitrogens with zero attached hydrogens (tertiary/aromatic N) is 4. The molecular weight excluding hydrogens is 494 g/mol. The molecular formula is C29H35N7O3. The fraction of sp³-hybridized carbons (Fsp3) is 0.414. The van der Waals surface area contributed by atoms with Crippen LogP contribution in [-0.4, -0.2) is 91.5 Å². The van der Waals surface area contributed by atoms with Gasteiger partial charge in [-0.05, 0) is 51.1 Å². The van der Waals surface area contributed by atoms with E-state index in [4.69, 9.17) is 4.74 Å². The third kappa shape index (κ3) is 5.03. The molecule has 0 atom stereocenters. The maximum absolute atomic E-state index is 13.7. The molecule has 10 nitrogen and oxygen atoms in total. The van der Waals surface area contributed by atoms with Gasteiger partial charge < -0.3 is 19.9 Å². The van der Waals surface area contributed by atoms with Crippen molar-refractivity contribution in [1.29, 1.82) is 0 Å². The van der Waals surface area contributed by atoms with Crippen LogP contribution >= 0.6 is 0 Å². The van der Waals surface area contributed by atoms with Crippen LogP contribution in [-0.2, 0) is 4.74 Å². The molecule has 0 radical (unpaired) electrons. The Morgan fingerprint density at radius 3 is 2.64 bits per heavy atom. The molecule has 0 unspecified atom stereocenters. The third-order valence-electron chi connectivity index (χ3n) is 8.04. The fourth-order valence-electron chi connectivity index (χ4n) is 5.81. The molecule has 6 rings (SSSR count). The zero-order chi connectivity index (χ0) is 26.9. The zero-order valence-corrected chi connectivity index (χ0v) is 22.5. The van der Waals surface area contributed by atoms with E-state index < -0.39 is 0 Å². The van der Waals surface area contributed by atoms with Gasteiger partial charge in [-0.3, -0.25) is 15.3 Å². The van der Waals surface area contributed by atoms with Gasteiger partial charge in [-0.15, -0.1) is 0 Å². The largest absolute Gasteiger partial charge is 0.381 e. The number of hydrogen-bond acceptors (Lipinski definition) is 7. The van der Waals surface area contributed by atoms with Gasteiger partial charge in [0.1, 0.15) is 5.69 Å². The number of urea groups is 1. The average molecular weight is 530 g/mol. The lowest BCUT2D eigenvalue weighted by atomic mass is 10.0. The fourth-order valence-corrected chi connectivity index (χ4v) is 5.81. The Hall–Kier alpha value is -3.73. The number of hydrazine groups is 1. The van der Waals surface area contributed by atoms with Crippen molar-refractivity contribution >= 4 is 23.2 Å². The lowest BCUT2D eigenvalue weighted by Gasteiger charge is -2.31. The molecule has 3 aliphatic rings. The number of carbonyl (C=O) groups excluding carboxylic acids is 2. The number of hydrogen-bond donors (Lipinski definition) is 3. The number of aromatic amines is 1. The molecule has 39 heavy (non-hydrogen) atoms. The van der Waals surface area contributed by atoms with Crippen molar-refractivity contribution in [1.82, 2.24) is 25.5 Å². The number of fused-ring (bicyclic) bond motifs is 3. The van der Waals surface area contributed by atoms with Crippen molar-refractivity contribution in [2.24, 2.45) is 0 Å². The number of carbonyl (C=O) groups is 2. The first-order valence-electron chi connectivity index (χ1n) is 13.7. The predicted octanol–water partition coefficient (Wildman–Crippen LogP) is 3.58. The van der Waals surface area contributed by atoms with E-state index >= 15 is 0 Å². The first-order valence-corrected chi connectivity index (χ1v) is 13.7. The Balaban J connectivity index is 1.20. The number of ether oxygens (including phenoxy) is 1. The number of likely N-dealkylation sites (N-methyl/N-ethyl adjacent to an activating group) is 1. The molecule has 0 spiro atoms. The van der Waals surface area contributed by atoms with Gasteiger partial charge in [-0.1, -0.05) is 24.3 Å². The lowest BCUT2D eigenvalue weighted by Crippen LogP contribution is -2.49. The van der Waals surface area contributed by atoms with Crippen molar-refractivity contribution in [3.63, 3.8) is 0 Å². The monoisotopic (exact) mass is 529 g/mol. The van der Waals surface area contributed by atoms with E-state index in [0.29, 0.717) is 41.4 Å². The molecule has 204 valence electrons. The summed E-state index contributed by atoms with van der Waals surface area (Å²) in [6.45, 7) is 5.56. The highest BCUT2D eigenvalue weighted by atomic mass is 16.5. The quantitative estimate of drug-likeness (QED) is 0.340. The van der Waals surface area contributed by atoms with Crippen LogP contribution in [0.3, 0.4) is 0 Å². The number of anilines is 2. The SMILES string of the molecule is CN1CCCN(c2ccc(-c3n[nH]c4c3C(=O)c3c(NC(=O)NN(C)C5CCOCC5)cccc3-4)cc2)CC1. The number of amides is 2. The van der Waals surface area contributed by atoms with Crippen LogP contribution in [0.15, 0.2) is 42.5 Å². The van der Waals surface area contributed by atoms with E-state index in [2.05, 4.69) is 49.9 Å². The van der Waals surface area contributed by atoms with Crippen molar-refractivity contribution in [3.8, 4) is 22.5 Å². The van der Waals surface area contributed by atoms with Gasteiger partial charge in [0.2, 0.25) is 0 Å². The minimum atomic E-state index is -0.380. The second-order valence-electron chi connectivity index (χ2n) is 10.6. The summed E-state index contributed by atoms with van der Waals surface area (Å²) < 4.78 is 5.41. The van der Waals surface area contributed by atoms with Gasteiger partial charge in [-0.2, -0.15) is 5.10 Å².